The number of aryl methyl sites for hydroxylation is 1. The summed E-state index contributed by atoms with van der Waals surface area (Å²) in [6.45, 7) is 2.07. The number of ether oxygens (including phenoxy) is 1. The molecule has 2 nitrogen and oxygen atoms in total. The smallest absolute Gasteiger partial charge is 0.123 e. The molecule has 0 bridgehead atoms. The molecular weight excluding hydrogens is 275 g/mol. The zero-order chi connectivity index (χ0) is 13.8. The number of aromatic hydroxyl groups is 1. The Labute approximate surface area is 121 Å². The third-order valence-corrected chi connectivity index (χ3v) is 4.67. The molecule has 0 aliphatic rings. The predicted molar refractivity (Wildman–Crippen MR) is 86.1 cm³/mol. The lowest BCUT2D eigenvalue weighted by atomic mass is 10.2. The van der Waals surface area contributed by atoms with Crippen LogP contribution in [0.15, 0.2) is 36.4 Å². The highest BCUT2D eigenvalue weighted by molar-refractivity contribution is 7.79. The third-order valence-electron chi connectivity index (χ3n) is 2.90. The van der Waals surface area contributed by atoms with E-state index in [4.69, 9.17) is 4.74 Å². The highest BCUT2D eigenvalue weighted by atomic mass is 32.1. The van der Waals surface area contributed by atoms with Crippen molar-refractivity contribution in [2.24, 2.45) is 0 Å². The SMILES string of the molecule is COc1ccc(O)c(Pc2ccc(C)cc2CS)c1. The first-order valence-corrected chi connectivity index (χ1v) is 7.61. The molecule has 1 unspecified atom stereocenters. The van der Waals surface area contributed by atoms with Crippen LogP contribution in [0.25, 0.3) is 0 Å². The van der Waals surface area contributed by atoms with Crippen molar-refractivity contribution in [2.45, 2.75) is 12.7 Å². The van der Waals surface area contributed by atoms with E-state index in [1.165, 1.54) is 16.4 Å². The number of phenolic OH excluding ortho intramolecular Hbond substituents is 1. The summed E-state index contributed by atoms with van der Waals surface area (Å²) in [5, 5.41) is 12.0. The molecular formula is C15H17O2PS. The molecule has 100 valence electrons. The number of rotatable bonds is 4. The van der Waals surface area contributed by atoms with Gasteiger partial charge in [0.15, 0.2) is 0 Å². The molecule has 0 spiro atoms. The molecule has 1 atom stereocenters. The average molecular weight is 292 g/mol. The monoisotopic (exact) mass is 292 g/mol. The molecule has 0 fully saturated rings. The minimum atomic E-state index is 0.310. The number of hydrogen-bond acceptors (Lipinski definition) is 3. The Morgan fingerprint density at radius 2 is 1.95 bits per heavy atom. The van der Waals surface area contributed by atoms with Gasteiger partial charge in [-0.1, -0.05) is 32.3 Å². The third kappa shape index (κ3) is 3.43. The van der Waals surface area contributed by atoms with Crippen LogP contribution in [0.2, 0.25) is 0 Å². The summed E-state index contributed by atoms with van der Waals surface area (Å²) in [7, 11) is 2.03. The van der Waals surface area contributed by atoms with Crippen LogP contribution in [-0.2, 0) is 5.75 Å². The van der Waals surface area contributed by atoms with Crippen LogP contribution in [0, 0.1) is 6.92 Å². The van der Waals surface area contributed by atoms with Gasteiger partial charge in [-0.05, 0) is 36.0 Å². The van der Waals surface area contributed by atoms with E-state index in [0.717, 1.165) is 11.1 Å². The van der Waals surface area contributed by atoms with Crippen LogP contribution < -0.4 is 15.3 Å². The fourth-order valence-corrected chi connectivity index (χ4v) is 3.48. The van der Waals surface area contributed by atoms with E-state index in [1.54, 1.807) is 19.2 Å². The second kappa shape index (κ2) is 6.31. The second-order valence-electron chi connectivity index (χ2n) is 4.33. The molecule has 4 heteroatoms. The zero-order valence-electron chi connectivity index (χ0n) is 11.0. The molecule has 0 radical (unpaired) electrons. The van der Waals surface area contributed by atoms with Crippen LogP contribution in [0.4, 0.5) is 0 Å². The molecule has 2 rings (SSSR count). The first-order chi connectivity index (χ1) is 9.13. The fraction of sp³-hybridized carbons (Fsp3) is 0.200. The van der Waals surface area contributed by atoms with Crippen molar-refractivity contribution in [3.63, 3.8) is 0 Å². The molecule has 0 heterocycles. The molecule has 0 aliphatic heterocycles. The van der Waals surface area contributed by atoms with Crippen molar-refractivity contribution in [1.29, 1.82) is 0 Å². The minimum absolute atomic E-state index is 0.310. The standard InChI is InChI=1S/C15H17O2PS/c1-10-3-6-14(11(7-10)9-19)18-15-8-12(17-2)4-5-13(15)16/h3-8,16,18-19H,9H2,1-2H3. The number of benzene rings is 2. The van der Waals surface area contributed by atoms with Gasteiger partial charge < -0.3 is 9.84 Å². The molecule has 0 aromatic heterocycles. The maximum Gasteiger partial charge on any atom is 0.123 e. The summed E-state index contributed by atoms with van der Waals surface area (Å²) < 4.78 is 5.20. The molecule has 2 aromatic carbocycles. The van der Waals surface area contributed by atoms with Gasteiger partial charge in [-0.25, -0.2) is 0 Å². The van der Waals surface area contributed by atoms with Gasteiger partial charge in [-0.15, -0.1) is 0 Å². The van der Waals surface area contributed by atoms with Crippen LogP contribution in [-0.4, -0.2) is 12.2 Å². The number of phenols is 1. The maximum absolute atomic E-state index is 9.94. The van der Waals surface area contributed by atoms with Gasteiger partial charge >= 0.3 is 0 Å². The van der Waals surface area contributed by atoms with Gasteiger partial charge in [0.05, 0.1) is 7.11 Å². The average Bonchev–Trinajstić information content (AvgIpc) is 2.43. The summed E-state index contributed by atoms with van der Waals surface area (Å²) in [6.07, 6.45) is 0. The number of thiol groups is 1. The largest absolute Gasteiger partial charge is 0.507 e. The Morgan fingerprint density at radius 1 is 1.16 bits per heavy atom. The van der Waals surface area contributed by atoms with Crippen LogP contribution in [0.1, 0.15) is 11.1 Å². The van der Waals surface area contributed by atoms with Gasteiger partial charge in [0.2, 0.25) is 0 Å². The summed E-state index contributed by atoms with van der Waals surface area (Å²) in [6, 6.07) is 11.7. The number of hydrogen-bond donors (Lipinski definition) is 2. The normalized spacial score (nSPS) is 11.1. The topological polar surface area (TPSA) is 29.5 Å². The highest BCUT2D eigenvalue weighted by Gasteiger charge is 2.08. The maximum atomic E-state index is 9.94. The van der Waals surface area contributed by atoms with Crippen molar-refractivity contribution in [3.05, 3.63) is 47.5 Å². The van der Waals surface area contributed by atoms with Crippen molar-refractivity contribution in [1.82, 2.24) is 0 Å². The Morgan fingerprint density at radius 3 is 2.63 bits per heavy atom. The van der Waals surface area contributed by atoms with Crippen molar-refractivity contribution in [3.8, 4) is 11.5 Å². The second-order valence-corrected chi connectivity index (χ2v) is 5.97. The molecule has 0 amide bonds. The minimum Gasteiger partial charge on any atom is -0.507 e. The molecule has 0 aliphatic carbocycles. The summed E-state index contributed by atoms with van der Waals surface area (Å²) in [4.78, 5) is 0. The summed E-state index contributed by atoms with van der Waals surface area (Å²) in [5.41, 5.74) is 2.44. The van der Waals surface area contributed by atoms with E-state index in [0.29, 0.717) is 20.1 Å². The molecule has 1 N–H and O–H groups in total. The predicted octanol–water partition coefficient (Wildman–Crippen LogP) is 2.77. The van der Waals surface area contributed by atoms with Gasteiger partial charge in [0.25, 0.3) is 0 Å². The Kier molecular flexibility index (Phi) is 4.73. The molecule has 2 aromatic rings. The molecule has 0 saturated heterocycles. The highest BCUT2D eigenvalue weighted by Crippen LogP contribution is 2.24. The van der Waals surface area contributed by atoms with E-state index in [2.05, 4.69) is 37.8 Å². The van der Waals surface area contributed by atoms with E-state index in [9.17, 15) is 5.11 Å². The van der Waals surface area contributed by atoms with Gasteiger partial charge in [0, 0.05) is 11.1 Å². The van der Waals surface area contributed by atoms with E-state index in [-0.39, 0.29) is 0 Å². The van der Waals surface area contributed by atoms with Crippen molar-refractivity contribution < 1.29 is 9.84 Å². The van der Waals surface area contributed by atoms with E-state index in [1.807, 2.05) is 6.07 Å². The Bertz CT molecular complexity index is 584. The van der Waals surface area contributed by atoms with E-state index < -0.39 is 0 Å². The van der Waals surface area contributed by atoms with Crippen LogP contribution in [0.3, 0.4) is 0 Å². The Balaban J connectivity index is 2.35. The molecule has 0 saturated carbocycles. The lowest BCUT2D eigenvalue weighted by Gasteiger charge is -2.11. The first kappa shape index (κ1) is 14.2. The van der Waals surface area contributed by atoms with Crippen molar-refractivity contribution >= 4 is 31.8 Å². The quantitative estimate of drug-likeness (QED) is 0.670. The summed E-state index contributed by atoms with van der Waals surface area (Å²) >= 11 is 4.38. The van der Waals surface area contributed by atoms with Crippen molar-refractivity contribution in [2.75, 3.05) is 7.11 Å². The van der Waals surface area contributed by atoms with Gasteiger partial charge in [0.1, 0.15) is 11.5 Å². The lowest BCUT2D eigenvalue weighted by Crippen LogP contribution is -2.09. The zero-order valence-corrected chi connectivity index (χ0v) is 12.9. The lowest BCUT2D eigenvalue weighted by molar-refractivity contribution is 0.413. The Hall–Kier alpha value is -1.18. The van der Waals surface area contributed by atoms with Gasteiger partial charge in [-0.3, -0.25) is 0 Å². The first-order valence-electron chi connectivity index (χ1n) is 5.98. The number of methoxy groups -OCH3 is 1. The van der Waals surface area contributed by atoms with Crippen LogP contribution in [0.5, 0.6) is 11.5 Å². The van der Waals surface area contributed by atoms with E-state index >= 15 is 0 Å². The summed E-state index contributed by atoms with van der Waals surface area (Å²) in [5.74, 6) is 1.78. The molecule has 19 heavy (non-hydrogen) atoms. The fourth-order valence-electron chi connectivity index (χ4n) is 1.86. The van der Waals surface area contributed by atoms with Gasteiger partial charge in [-0.2, -0.15) is 12.6 Å². The van der Waals surface area contributed by atoms with Crippen LogP contribution >= 0.6 is 21.2 Å².